The third kappa shape index (κ3) is 6.89. The lowest BCUT2D eigenvalue weighted by Gasteiger charge is -2.21. The first-order valence-corrected chi connectivity index (χ1v) is 13.6. The Balaban J connectivity index is 1.69. The quantitative estimate of drug-likeness (QED) is 0.525. The minimum absolute atomic E-state index is 0.00384. The van der Waals surface area contributed by atoms with Gasteiger partial charge >= 0.3 is 0 Å². The second kappa shape index (κ2) is 11.2. The molecule has 0 spiro atoms. The molecule has 190 valence electrons. The zero-order valence-corrected chi connectivity index (χ0v) is 22.3. The topological polar surface area (TPSA) is 90.0 Å². The van der Waals surface area contributed by atoms with Gasteiger partial charge in [-0.3, -0.25) is 9.59 Å². The molecule has 0 aliphatic carbocycles. The van der Waals surface area contributed by atoms with Crippen molar-refractivity contribution in [3.63, 3.8) is 0 Å². The van der Waals surface area contributed by atoms with E-state index < -0.39 is 27.8 Å². The van der Waals surface area contributed by atoms with Crippen LogP contribution in [0.25, 0.3) is 5.57 Å². The van der Waals surface area contributed by atoms with Gasteiger partial charge in [-0.15, -0.1) is 11.3 Å². The molecule has 12 heteroatoms. The van der Waals surface area contributed by atoms with E-state index in [0.717, 1.165) is 11.5 Å². The van der Waals surface area contributed by atoms with Crippen molar-refractivity contribution in [3.8, 4) is 0 Å². The SMILES string of the molecule is CC(=CS(=O)(=O)NC1CCN(c2ccc(C(=O)N(C)CCN(C)C)cc2F)C1=O)c1ccc(Cl)s1. The maximum absolute atomic E-state index is 14.9. The lowest BCUT2D eigenvalue weighted by molar-refractivity contribution is -0.118. The summed E-state index contributed by atoms with van der Waals surface area (Å²) in [5, 5.41) is 1.05. The Morgan fingerprint density at radius 3 is 2.57 bits per heavy atom. The zero-order chi connectivity index (χ0) is 25.9. The minimum Gasteiger partial charge on any atom is -0.340 e. The highest BCUT2D eigenvalue weighted by atomic mass is 35.5. The molecule has 1 aromatic carbocycles. The number of nitrogens with one attached hydrogen (secondary N) is 1. The van der Waals surface area contributed by atoms with Gasteiger partial charge in [-0.05, 0) is 63.3 Å². The zero-order valence-electron chi connectivity index (χ0n) is 19.9. The first kappa shape index (κ1) is 27.3. The summed E-state index contributed by atoms with van der Waals surface area (Å²) in [6.07, 6.45) is 0.184. The molecule has 1 atom stereocenters. The number of anilines is 1. The maximum Gasteiger partial charge on any atom is 0.253 e. The third-order valence-corrected chi connectivity index (χ3v) is 8.16. The average molecular weight is 543 g/mol. The molecule has 0 saturated carbocycles. The van der Waals surface area contributed by atoms with Crippen LogP contribution in [0.1, 0.15) is 28.6 Å². The highest BCUT2D eigenvalue weighted by molar-refractivity contribution is 7.92. The lowest BCUT2D eigenvalue weighted by atomic mass is 10.1. The molecule has 2 aromatic rings. The molecule has 1 N–H and O–H groups in total. The second-order valence-electron chi connectivity index (χ2n) is 8.59. The van der Waals surface area contributed by atoms with E-state index in [2.05, 4.69) is 4.72 Å². The standard InChI is InChI=1S/C23H28ClFN4O4S2/c1-15(20-7-8-21(24)34-20)14-35(32,33)26-18-9-10-29(23(18)31)19-6-5-16(13-17(19)25)22(30)28(4)12-11-27(2)3/h5-8,13-14,18,26H,9-12H2,1-4H3. The van der Waals surface area contributed by atoms with Gasteiger partial charge in [0.1, 0.15) is 11.9 Å². The van der Waals surface area contributed by atoms with Gasteiger partial charge in [-0.25, -0.2) is 12.8 Å². The monoisotopic (exact) mass is 542 g/mol. The second-order valence-corrected chi connectivity index (χ2v) is 11.9. The number of hydrogen-bond donors (Lipinski definition) is 1. The predicted molar refractivity (Wildman–Crippen MR) is 138 cm³/mol. The van der Waals surface area contributed by atoms with E-state index in [1.807, 2.05) is 19.0 Å². The molecular weight excluding hydrogens is 515 g/mol. The summed E-state index contributed by atoms with van der Waals surface area (Å²) in [5.74, 6) is -1.61. The highest BCUT2D eigenvalue weighted by Gasteiger charge is 2.36. The number of halogens is 2. The molecule has 35 heavy (non-hydrogen) atoms. The number of nitrogens with zero attached hydrogens (tertiary/aromatic N) is 3. The van der Waals surface area contributed by atoms with Crippen LogP contribution in [0.4, 0.5) is 10.1 Å². The fourth-order valence-electron chi connectivity index (χ4n) is 3.61. The van der Waals surface area contributed by atoms with Gasteiger partial charge in [0.25, 0.3) is 5.91 Å². The first-order valence-electron chi connectivity index (χ1n) is 10.9. The number of rotatable bonds is 9. The Hall–Kier alpha value is -2.31. The normalized spacial score (nSPS) is 16.9. The van der Waals surface area contributed by atoms with Crippen molar-refractivity contribution >= 4 is 56.0 Å². The number of amides is 2. The summed E-state index contributed by atoms with van der Waals surface area (Å²) in [6.45, 7) is 2.93. The van der Waals surface area contributed by atoms with Crippen LogP contribution in [-0.2, 0) is 14.8 Å². The van der Waals surface area contributed by atoms with Gasteiger partial charge in [-0.1, -0.05) is 11.6 Å². The van der Waals surface area contributed by atoms with Crippen molar-refractivity contribution in [2.24, 2.45) is 0 Å². The molecule has 1 aromatic heterocycles. The maximum atomic E-state index is 14.9. The Kier molecular flexibility index (Phi) is 8.71. The van der Waals surface area contributed by atoms with E-state index in [1.54, 1.807) is 26.1 Å². The van der Waals surface area contributed by atoms with Crippen molar-refractivity contribution in [2.75, 3.05) is 45.7 Å². The minimum atomic E-state index is -3.93. The van der Waals surface area contributed by atoms with Gasteiger partial charge in [-0.2, -0.15) is 4.72 Å². The molecule has 0 bridgehead atoms. The van der Waals surface area contributed by atoms with E-state index >= 15 is 0 Å². The molecule has 0 radical (unpaired) electrons. The number of benzene rings is 1. The van der Waals surface area contributed by atoms with Crippen molar-refractivity contribution in [1.82, 2.24) is 14.5 Å². The Morgan fingerprint density at radius 2 is 1.97 bits per heavy atom. The van der Waals surface area contributed by atoms with Crippen LogP contribution in [0.15, 0.2) is 35.7 Å². The van der Waals surface area contributed by atoms with Gasteiger partial charge in [0.15, 0.2) is 0 Å². The van der Waals surface area contributed by atoms with E-state index in [4.69, 9.17) is 11.6 Å². The van der Waals surface area contributed by atoms with Gasteiger partial charge in [0.05, 0.1) is 15.4 Å². The van der Waals surface area contributed by atoms with Crippen LogP contribution in [0.5, 0.6) is 0 Å². The van der Waals surface area contributed by atoms with E-state index in [9.17, 15) is 22.4 Å². The van der Waals surface area contributed by atoms with Crippen LogP contribution in [0.3, 0.4) is 0 Å². The summed E-state index contributed by atoms with van der Waals surface area (Å²) in [4.78, 5) is 30.8. The smallest absolute Gasteiger partial charge is 0.253 e. The van der Waals surface area contributed by atoms with Gasteiger partial charge in [0.2, 0.25) is 15.9 Å². The average Bonchev–Trinajstić information content (AvgIpc) is 3.37. The molecule has 1 saturated heterocycles. The largest absolute Gasteiger partial charge is 0.340 e. The Bertz CT molecular complexity index is 1250. The summed E-state index contributed by atoms with van der Waals surface area (Å²) in [5.41, 5.74) is 0.661. The number of likely N-dealkylation sites (N-methyl/N-ethyl adjacent to an activating group) is 2. The number of hydrogen-bond acceptors (Lipinski definition) is 6. The van der Waals surface area contributed by atoms with Crippen molar-refractivity contribution < 1.29 is 22.4 Å². The predicted octanol–water partition coefficient (Wildman–Crippen LogP) is 3.26. The summed E-state index contributed by atoms with van der Waals surface area (Å²) < 4.78 is 43.0. The summed E-state index contributed by atoms with van der Waals surface area (Å²) in [6, 6.07) is 6.32. The molecule has 8 nitrogen and oxygen atoms in total. The van der Waals surface area contributed by atoms with Gasteiger partial charge in [0, 0.05) is 37.1 Å². The lowest BCUT2D eigenvalue weighted by Crippen LogP contribution is -2.41. The molecule has 1 aliphatic rings. The fourth-order valence-corrected chi connectivity index (χ4v) is 5.97. The van der Waals surface area contributed by atoms with E-state index in [1.165, 1.54) is 33.3 Å². The van der Waals surface area contributed by atoms with Crippen molar-refractivity contribution in [2.45, 2.75) is 19.4 Å². The van der Waals surface area contributed by atoms with Crippen LogP contribution in [0.2, 0.25) is 4.34 Å². The first-order chi connectivity index (χ1) is 16.4. The summed E-state index contributed by atoms with van der Waals surface area (Å²) >= 11 is 7.16. The molecule has 1 aliphatic heterocycles. The van der Waals surface area contributed by atoms with Crippen LogP contribution in [0, 0.1) is 5.82 Å². The number of carbonyl (C=O) groups is 2. The van der Waals surface area contributed by atoms with E-state index in [0.29, 0.717) is 27.9 Å². The number of carbonyl (C=O) groups excluding carboxylic acids is 2. The van der Waals surface area contributed by atoms with E-state index in [-0.39, 0.29) is 30.1 Å². The third-order valence-electron chi connectivity index (χ3n) is 5.52. The fraction of sp³-hybridized carbons (Fsp3) is 0.391. The van der Waals surface area contributed by atoms with Crippen molar-refractivity contribution in [1.29, 1.82) is 0 Å². The Labute approximate surface area is 214 Å². The van der Waals surface area contributed by atoms with Crippen molar-refractivity contribution in [3.05, 3.63) is 56.3 Å². The highest BCUT2D eigenvalue weighted by Crippen LogP contribution is 2.29. The number of allylic oxidation sites excluding steroid dienone is 1. The van der Waals surface area contributed by atoms with Crippen LogP contribution < -0.4 is 9.62 Å². The molecule has 1 fully saturated rings. The van der Waals surface area contributed by atoms with Crippen LogP contribution >= 0.6 is 22.9 Å². The summed E-state index contributed by atoms with van der Waals surface area (Å²) in [7, 11) is 1.49. The molecule has 3 rings (SSSR count). The molecular formula is C23H28ClFN4O4S2. The van der Waals surface area contributed by atoms with Gasteiger partial charge < -0.3 is 14.7 Å². The molecule has 2 amide bonds. The number of sulfonamides is 1. The Morgan fingerprint density at radius 1 is 1.26 bits per heavy atom. The molecule has 1 unspecified atom stereocenters. The van der Waals surface area contributed by atoms with Crippen LogP contribution in [-0.4, -0.2) is 76.9 Å². The number of thiophene rings is 1. The molecule has 2 heterocycles.